The van der Waals surface area contributed by atoms with E-state index in [2.05, 4.69) is 17.1 Å². The highest BCUT2D eigenvalue weighted by atomic mass is 16.3. The maximum Gasteiger partial charge on any atom is 0.0606 e. The zero-order valence-electron chi connectivity index (χ0n) is 9.71. The number of nitrogens with one attached hydrogen (secondary N) is 1. The Hall–Kier alpha value is -0.120. The molecular formula is C11H24N2O. The van der Waals surface area contributed by atoms with Crippen LogP contribution in [0, 0.1) is 0 Å². The van der Waals surface area contributed by atoms with E-state index >= 15 is 0 Å². The first-order valence-electron chi connectivity index (χ1n) is 5.70. The fraction of sp³-hybridized carbons (Fsp3) is 1.00. The molecule has 1 aliphatic heterocycles. The van der Waals surface area contributed by atoms with E-state index < -0.39 is 5.60 Å². The molecule has 3 heteroatoms. The molecule has 0 spiro atoms. The van der Waals surface area contributed by atoms with E-state index in [-0.39, 0.29) is 0 Å². The summed E-state index contributed by atoms with van der Waals surface area (Å²) in [5.74, 6) is 0. The molecule has 1 atom stereocenters. The molecule has 1 aliphatic rings. The first kappa shape index (κ1) is 12.0. The lowest BCUT2D eigenvalue weighted by atomic mass is 9.96. The van der Waals surface area contributed by atoms with Crippen LogP contribution in [-0.4, -0.2) is 47.8 Å². The topological polar surface area (TPSA) is 35.5 Å². The molecule has 3 nitrogen and oxygen atoms in total. The second-order valence-electron chi connectivity index (χ2n) is 4.86. The summed E-state index contributed by atoms with van der Waals surface area (Å²) in [5, 5.41) is 13.2. The molecule has 0 aliphatic carbocycles. The van der Waals surface area contributed by atoms with Crippen LogP contribution >= 0.6 is 0 Å². The summed E-state index contributed by atoms with van der Waals surface area (Å²) in [6.45, 7) is 10.4. The summed E-state index contributed by atoms with van der Waals surface area (Å²) in [5.41, 5.74) is -0.536. The monoisotopic (exact) mass is 200 g/mol. The van der Waals surface area contributed by atoms with Gasteiger partial charge < -0.3 is 10.4 Å². The SMILES string of the molecule is CCC(CC(C)(C)O)N1CCNCC1. The van der Waals surface area contributed by atoms with Crippen LogP contribution in [0.15, 0.2) is 0 Å². The Morgan fingerprint density at radius 1 is 1.36 bits per heavy atom. The molecular weight excluding hydrogens is 176 g/mol. The number of piperazine rings is 1. The molecule has 0 saturated carbocycles. The molecule has 0 aromatic heterocycles. The minimum Gasteiger partial charge on any atom is -0.390 e. The van der Waals surface area contributed by atoms with Gasteiger partial charge in [0.15, 0.2) is 0 Å². The van der Waals surface area contributed by atoms with E-state index in [9.17, 15) is 5.11 Å². The lowest BCUT2D eigenvalue weighted by Gasteiger charge is -2.37. The van der Waals surface area contributed by atoms with Gasteiger partial charge in [-0.2, -0.15) is 0 Å². The molecule has 1 fully saturated rings. The van der Waals surface area contributed by atoms with Crippen LogP contribution in [0.3, 0.4) is 0 Å². The molecule has 14 heavy (non-hydrogen) atoms. The molecule has 1 unspecified atom stereocenters. The summed E-state index contributed by atoms with van der Waals surface area (Å²) in [7, 11) is 0. The first-order chi connectivity index (χ1) is 6.53. The van der Waals surface area contributed by atoms with Crippen molar-refractivity contribution in [2.24, 2.45) is 0 Å². The van der Waals surface area contributed by atoms with Crippen molar-refractivity contribution in [2.75, 3.05) is 26.2 Å². The van der Waals surface area contributed by atoms with Gasteiger partial charge in [-0.05, 0) is 26.7 Å². The number of hydrogen-bond acceptors (Lipinski definition) is 3. The summed E-state index contributed by atoms with van der Waals surface area (Å²) < 4.78 is 0. The van der Waals surface area contributed by atoms with Gasteiger partial charge in [-0.1, -0.05) is 6.92 Å². The average Bonchev–Trinajstić information content (AvgIpc) is 2.14. The van der Waals surface area contributed by atoms with Gasteiger partial charge in [0.1, 0.15) is 0 Å². The third-order valence-corrected chi connectivity index (χ3v) is 2.87. The summed E-state index contributed by atoms with van der Waals surface area (Å²) in [6.07, 6.45) is 2.01. The van der Waals surface area contributed by atoms with E-state index in [1.807, 2.05) is 13.8 Å². The minimum absolute atomic E-state index is 0.536. The van der Waals surface area contributed by atoms with Crippen LogP contribution in [-0.2, 0) is 0 Å². The van der Waals surface area contributed by atoms with Gasteiger partial charge in [-0.15, -0.1) is 0 Å². The highest BCUT2D eigenvalue weighted by Gasteiger charge is 2.24. The molecule has 84 valence electrons. The highest BCUT2D eigenvalue weighted by Crippen LogP contribution is 2.18. The van der Waals surface area contributed by atoms with Crippen LogP contribution in [0.1, 0.15) is 33.6 Å². The Morgan fingerprint density at radius 3 is 2.36 bits per heavy atom. The Morgan fingerprint density at radius 2 is 1.93 bits per heavy atom. The second kappa shape index (κ2) is 5.10. The lowest BCUT2D eigenvalue weighted by molar-refractivity contribution is 0.0289. The molecule has 0 aromatic rings. The van der Waals surface area contributed by atoms with Gasteiger partial charge in [0.05, 0.1) is 5.60 Å². The highest BCUT2D eigenvalue weighted by molar-refractivity contribution is 4.81. The zero-order valence-corrected chi connectivity index (χ0v) is 9.71. The van der Waals surface area contributed by atoms with E-state index in [0.717, 1.165) is 39.0 Å². The van der Waals surface area contributed by atoms with Gasteiger partial charge in [-0.3, -0.25) is 4.90 Å². The van der Waals surface area contributed by atoms with Gasteiger partial charge in [-0.25, -0.2) is 0 Å². The van der Waals surface area contributed by atoms with Gasteiger partial charge in [0.25, 0.3) is 0 Å². The number of hydrogen-bond donors (Lipinski definition) is 2. The maximum absolute atomic E-state index is 9.81. The van der Waals surface area contributed by atoms with Crippen molar-refractivity contribution in [3.8, 4) is 0 Å². The molecule has 1 saturated heterocycles. The van der Waals surface area contributed by atoms with Crippen molar-refractivity contribution in [1.82, 2.24) is 10.2 Å². The van der Waals surface area contributed by atoms with Gasteiger partial charge in [0, 0.05) is 32.2 Å². The summed E-state index contributed by atoms with van der Waals surface area (Å²) >= 11 is 0. The van der Waals surface area contributed by atoms with Crippen LogP contribution < -0.4 is 5.32 Å². The van der Waals surface area contributed by atoms with Crippen molar-refractivity contribution >= 4 is 0 Å². The van der Waals surface area contributed by atoms with Crippen molar-refractivity contribution < 1.29 is 5.11 Å². The fourth-order valence-electron chi connectivity index (χ4n) is 2.16. The molecule has 0 aromatic carbocycles. The molecule has 1 heterocycles. The molecule has 0 bridgehead atoms. The van der Waals surface area contributed by atoms with Crippen molar-refractivity contribution in [2.45, 2.75) is 45.3 Å². The van der Waals surface area contributed by atoms with Gasteiger partial charge in [0.2, 0.25) is 0 Å². The third kappa shape index (κ3) is 3.95. The molecule has 0 amide bonds. The Kier molecular flexibility index (Phi) is 4.35. The Bertz CT molecular complexity index is 159. The zero-order chi connectivity index (χ0) is 10.6. The Labute approximate surface area is 87.5 Å². The molecule has 1 rings (SSSR count). The normalized spacial score (nSPS) is 22.3. The summed E-state index contributed by atoms with van der Waals surface area (Å²) in [6, 6.07) is 0.539. The minimum atomic E-state index is -0.536. The van der Waals surface area contributed by atoms with Crippen LogP contribution in [0.4, 0.5) is 0 Å². The maximum atomic E-state index is 9.81. The molecule has 2 N–H and O–H groups in total. The number of rotatable bonds is 4. The van der Waals surface area contributed by atoms with Crippen LogP contribution in [0.5, 0.6) is 0 Å². The van der Waals surface area contributed by atoms with E-state index in [1.165, 1.54) is 0 Å². The van der Waals surface area contributed by atoms with Crippen molar-refractivity contribution in [3.05, 3.63) is 0 Å². The first-order valence-corrected chi connectivity index (χ1v) is 5.70. The van der Waals surface area contributed by atoms with E-state index in [0.29, 0.717) is 6.04 Å². The number of nitrogens with zero attached hydrogens (tertiary/aromatic N) is 1. The fourth-order valence-corrected chi connectivity index (χ4v) is 2.16. The predicted molar refractivity (Wildman–Crippen MR) is 59.4 cm³/mol. The largest absolute Gasteiger partial charge is 0.390 e. The van der Waals surface area contributed by atoms with Crippen LogP contribution in [0.2, 0.25) is 0 Å². The third-order valence-electron chi connectivity index (χ3n) is 2.87. The van der Waals surface area contributed by atoms with Crippen molar-refractivity contribution in [1.29, 1.82) is 0 Å². The Balaban J connectivity index is 2.43. The van der Waals surface area contributed by atoms with Crippen LogP contribution in [0.25, 0.3) is 0 Å². The van der Waals surface area contributed by atoms with E-state index in [4.69, 9.17) is 0 Å². The number of aliphatic hydroxyl groups is 1. The average molecular weight is 200 g/mol. The standard InChI is InChI=1S/C11H24N2O/c1-4-10(9-11(2,3)14)13-7-5-12-6-8-13/h10,12,14H,4-9H2,1-3H3. The van der Waals surface area contributed by atoms with Crippen molar-refractivity contribution in [3.63, 3.8) is 0 Å². The van der Waals surface area contributed by atoms with E-state index in [1.54, 1.807) is 0 Å². The lowest BCUT2D eigenvalue weighted by Crippen LogP contribution is -2.50. The smallest absolute Gasteiger partial charge is 0.0606 e. The van der Waals surface area contributed by atoms with Gasteiger partial charge >= 0.3 is 0 Å². The predicted octanol–water partition coefficient (Wildman–Crippen LogP) is 0.831. The quantitative estimate of drug-likeness (QED) is 0.705. The molecule has 0 radical (unpaired) electrons. The second-order valence-corrected chi connectivity index (χ2v) is 4.86. The summed E-state index contributed by atoms with van der Waals surface area (Å²) in [4.78, 5) is 2.49.